The first-order chi connectivity index (χ1) is 17.4. The molecule has 36 heavy (non-hydrogen) atoms. The van der Waals surface area contributed by atoms with Crippen molar-refractivity contribution in [3.63, 3.8) is 0 Å². The van der Waals surface area contributed by atoms with Crippen LogP contribution in [0.1, 0.15) is 11.1 Å². The Morgan fingerprint density at radius 2 is 2.00 bits per heavy atom. The predicted molar refractivity (Wildman–Crippen MR) is 141 cm³/mol. The number of hydrogen-bond donors (Lipinski definition) is 1. The van der Waals surface area contributed by atoms with Gasteiger partial charge in [-0.05, 0) is 54.1 Å². The number of rotatable bonds is 7. The Labute approximate surface area is 218 Å². The van der Waals surface area contributed by atoms with Crippen molar-refractivity contribution in [2.24, 2.45) is 12.1 Å². The van der Waals surface area contributed by atoms with Gasteiger partial charge in [0, 0.05) is 22.5 Å². The minimum Gasteiger partial charge on any atom is -0.493 e. The normalized spacial score (nSPS) is 11.5. The van der Waals surface area contributed by atoms with Crippen LogP contribution in [0.4, 0.5) is 10.3 Å². The average molecular weight is 570 g/mol. The van der Waals surface area contributed by atoms with Crippen LogP contribution in [0.2, 0.25) is 5.02 Å². The van der Waals surface area contributed by atoms with Gasteiger partial charge < -0.3 is 14.0 Å². The highest BCUT2D eigenvalue weighted by Crippen LogP contribution is 2.30. The molecule has 0 radical (unpaired) electrons. The lowest BCUT2D eigenvalue weighted by Crippen LogP contribution is -2.02. The molecule has 0 fully saturated rings. The summed E-state index contributed by atoms with van der Waals surface area (Å²) in [5.41, 5.74) is 6.23. The Morgan fingerprint density at radius 3 is 2.81 bits per heavy atom. The molecule has 0 saturated carbocycles. The summed E-state index contributed by atoms with van der Waals surface area (Å²) in [7, 11) is 3.45. The van der Waals surface area contributed by atoms with Crippen LogP contribution in [0.15, 0.2) is 64.2 Å². The van der Waals surface area contributed by atoms with Gasteiger partial charge in [-0.1, -0.05) is 33.6 Å². The van der Waals surface area contributed by atoms with Crippen LogP contribution in [-0.4, -0.2) is 33.1 Å². The van der Waals surface area contributed by atoms with Crippen molar-refractivity contribution in [2.45, 2.75) is 6.61 Å². The van der Waals surface area contributed by atoms with E-state index >= 15 is 0 Å². The van der Waals surface area contributed by atoms with Crippen molar-refractivity contribution < 1.29 is 13.9 Å². The Morgan fingerprint density at radius 1 is 1.14 bits per heavy atom. The number of aromatic nitrogens is 4. The average Bonchev–Trinajstić information content (AvgIpc) is 3.14. The molecule has 0 aliphatic rings. The summed E-state index contributed by atoms with van der Waals surface area (Å²) in [4.78, 5) is 4.55. The zero-order chi connectivity index (χ0) is 25.2. The van der Waals surface area contributed by atoms with E-state index < -0.39 is 5.82 Å². The molecule has 11 heteroatoms. The molecule has 2 aromatic heterocycles. The third kappa shape index (κ3) is 4.69. The lowest BCUT2D eigenvalue weighted by molar-refractivity contribution is 0.280. The Kier molecular flexibility index (Phi) is 6.71. The van der Waals surface area contributed by atoms with Gasteiger partial charge in [0.15, 0.2) is 17.1 Å². The number of fused-ring (bicyclic) bond motifs is 3. The molecule has 0 aliphatic carbocycles. The molecule has 0 unspecified atom stereocenters. The number of nitrogens with zero attached hydrogens (tertiary/aromatic N) is 5. The fourth-order valence-corrected chi connectivity index (χ4v) is 4.32. The quantitative estimate of drug-likeness (QED) is 0.188. The van der Waals surface area contributed by atoms with E-state index in [4.69, 9.17) is 21.1 Å². The standard InChI is InChI=1S/C25H19BrClFN6O2/c1-34-20-8-7-15(26)11-16(20)23-24(34)30-25(33-31-23)32-29-12-14-6-9-21(22(10-14)35-2)36-13-17-18(27)4-3-5-19(17)28/h3-12H,13H2,1-2H3,(H,30,32,33)/b29-12+. The second-order valence-electron chi connectivity index (χ2n) is 7.80. The van der Waals surface area contributed by atoms with Crippen LogP contribution in [0.5, 0.6) is 11.5 Å². The molecule has 8 nitrogen and oxygen atoms in total. The Balaban J connectivity index is 1.31. The molecule has 0 spiro atoms. The lowest BCUT2D eigenvalue weighted by atomic mass is 10.2. The third-order valence-corrected chi connectivity index (χ3v) is 6.41. The van der Waals surface area contributed by atoms with E-state index in [0.717, 1.165) is 20.9 Å². The topological polar surface area (TPSA) is 86.5 Å². The molecule has 5 aromatic rings. The van der Waals surface area contributed by atoms with Gasteiger partial charge in [-0.2, -0.15) is 10.1 Å². The van der Waals surface area contributed by atoms with Crippen LogP contribution in [0.3, 0.4) is 0 Å². The molecule has 1 N–H and O–H groups in total. The van der Waals surface area contributed by atoms with Crippen LogP contribution >= 0.6 is 27.5 Å². The molecular weight excluding hydrogens is 551 g/mol. The highest BCUT2D eigenvalue weighted by atomic mass is 79.9. The van der Waals surface area contributed by atoms with Crippen molar-refractivity contribution >= 4 is 61.8 Å². The smallest absolute Gasteiger partial charge is 0.265 e. The zero-order valence-electron chi connectivity index (χ0n) is 19.2. The van der Waals surface area contributed by atoms with Gasteiger partial charge in [0.05, 0.1) is 23.9 Å². The van der Waals surface area contributed by atoms with Gasteiger partial charge in [-0.25, -0.2) is 9.82 Å². The Hall–Kier alpha value is -3.76. The maximum absolute atomic E-state index is 14.0. The number of methoxy groups -OCH3 is 1. The van der Waals surface area contributed by atoms with Gasteiger partial charge in [-0.3, -0.25) is 0 Å². The van der Waals surface area contributed by atoms with Crippen molar-refractivity contribution in [3.8, 4) is 11.5 Å². The first kappa shape index (κ1) is 24.0. The number of anilines is 1. The molecule has 0 aliphatic heterocycles. The number of hydrazone groups is 1. The van der Waals surface area contributed by atoms with Crippen molar-refractivity contribution in [1.29, 1.82) is 0 Å². The summed E-state index contributed by atoms with van der Waals surface area (Å²) in [6, 6.07) is 15.7. The van der Waals surface area contributed by atoms with E-state index in [1.165, 1.54) is 13.2 Å². The van der Waals surface area contributed by atoms with Gasteiger partial charge in [0.25, 0.3) is 5.95 Å². The van der Waals surface area contributed by atoms with Gasteiger partial charge >= 0.3 is 0 Å². The number of hydrogen-bond acceptors (Lipinski definition) is 7. The van der Waals surface area contributed by atoms with Crippen molar-refractivity contribution in [1.82, 2.24) is 19.7 Å². The monoisotopic (exact) mass is 568 g/mol. The minimum absolute atomic E-state index is 0.0329. The second kappa shape index (κ2) is 10.1. The van der Waals surface area contributed by atoms with Crippen LogP contribution < -0.4 is 14.9 Å². The first-order valence-electron chi connectivity index (χ1n) is 10.8. The second-order valence-corrected chi connectivity index (χ2v) is 9.12. The molecule has 0 amide bonds. The summed E-state index contributed by atoms with van der Waals surface area (Å²) < 4.78 is 28.1. The number of nitrogens with one attached hydrogen (secondary N) is 1. The van der Waals surface area contributed by atoms with E-state index in [1.807, 2.05) is 29.8 Å². The number of halogens is 3. The molecule has 0 bridgehead atoms. The summed E-state index contributed by atoms with van der Waals surface area (Å²) in [5.74, 6) is 0.745. The zero-order valence-corrected chi connectivity index (χ0v) is 21.5. The van der Waals surface area contributed by atoms with E-state index in [0.29, 0.717) is 27.7 Å². The molecular formula is C25H19BrClFN6O2. The van der Waals surface area contributed by atoms with Crippen LogP contribution in [0.25, 0.3) is 22.1 Å². The maximum Gasteiger partial charge on any atom is 0.265 e. The highest BCUT2D eigenvalue weighted by Gasteiger charge is 2.13. The molecule has 5 rings (SSSR count). The minimum atomic E-state index is -0.428. The lowest BCUT2D eigenvalue weighted by Gasteiger charge is -2.12. The molecule has 2 heterocycles. The van der Waals surface area contributed by atoms with E-state index in [-0.39, 0.29) is 18.1 Å². The molecule has 0 saturated heterocycles. The number of aryl methyl sites for hydroxylation is 1. The third-order valence-electron chi connectivity index (χ3n) is 5.56. The fraction of sp³-hybridized carbons (Fsp3) is 0.120. The van der Waals surface area contributed by atoms with E-state index in [1.54, 1.807) is 36.5 Å². The largest absolute Gasteiger partial charge is 0.493 e. The van der Waals surface area contributed by atoms with Gasteiger partial charge in [-0.15, -0.1) is 10.2 Å². The SMILES string of the molecule is COc1cc(/C=N/Nc2nnc3c4cc(Br)ccc4n(C)c3n2)ccc1OCc1c(F)cccc1Cl. The Bertz CT molecular complexity index is 1600. The summed E-state index contributed by atoms with van der Waals surface area (Å²) in [6.07, 6.45) is 1.59. The summed E-state index contributed by atoms with van der Waals surface area (Å²) in [5, 5.41) is 14.0. The van der Waals surface area contributed by atoms with Gasteiger partial charge in [0.2, 0.25) is 0 Å². The van der Waals surface area contributed by atoms with E-state index in [9.17, 15) is 4.39 Å². The summed E-state index contributed by atoms with van der Waals surface area (Å²) >= 11 is 9.57. The number of ether oxygens (including phenoxy) is 2. The molecule has 3 aromatic carbocycles. The highest BCUT2D eigenvalue weighted by molar-refractivity contribution is 9.10. The van der Waals surface area contributed by atoms with Crippen LogP contribution in [0, 0.1) is 5.82 Å². The summed E-state index contributed by atoms with van der Waals surface area (Å²) in [6.45, 7) is -0.0329. The van der Waals surface area contributed by atoms with Gasteiger partial charge in [0.1, 0.15) is 17.9 Å². The van der Waals surface area contributed by atoms with E-state index in [2.05, 4.69) is 41.6 Å². The molecule has 182 valence electrons. The fourth-order valence-electron chi connectivity index (χ4n) is 3.75. The van der Waals surface area contributed by atoms with Crippen molar-refractivity contribution in [2.75, 3.05) is 12.5 Å². The van der Waals surface area contributed by atoms with Crippen LogP contribution in [-0.2, 0) is 13.7 Å². The van der Waals surface area contributed by atoms with Crippen molar-refractivity contribution in [3.05, 3.63) is 81.0 Å². The molecule has 0 atom stereocenters. The predicted octanol–water partition coefficient (Wildman–Crippen LogP) is 6.11. The maximum atomic E-state index is 14.0. The first-order valence-corrected chi connectivity index (χ1v) is 11.9. The number of benzene rings is 3.